The fourth-order valence-electron chi connectivity index (χ4n) is 0.823. The summed E-state index contributed by atoms with van der Waals surface area (Å²) in [6.45, 7) is 0.536. The minimum atomic E-state index is -4.24. The maximum atomic E-state index is 12.3. The van der Waals surface area contributed by atoms with Crippen LogP contribution in [0.1, 0.15) is 13.8 Å². The van der Waals surface area contributed by atoms with Crippen LogP contribution in [0.5, 0.6) is 0 Å². The SMILES string of the molecule is COP(=O)(OC)OP(=O)(OC)OP(=S)(OC)C(C)C. The van der Waals surface area contributed by atoms with Gasteiger partial charge in [-0.25, -0.2) is 13.4 Å². The van der Waals surface area contributed by atoms with Gasteiger partial charge in [0, 0.05) is 34.1 Å². The van der Waals surface area contributed by atoms with Gasteiger partial charge in [0.2, 0.25) is 6.49 Å². The van der Waals surface area contributed by atoms with Gasteiger partial charge in [-0.15, -0.1) is 0 Å². The van der Waals surface area contributed by atoms with Crippen molar-refractivity contribution in [1.29, 1.82) is 0 Å². The monoisotopic (exact) mass is 356 g/mol. The molecule has 0 heterocycles. The molecule has 0 aromatic rings. The minimum Gasteiger partial charge on any atom is -0.332 e. The van der Waals surface area contributed by atoms with Crippen molar-refractivity contribution >= 4 is 33.9 Å². The number of phosphoric ester groups is 1. The van der Waals surface area contributed by atoms with Crippen LogP contribution in [0.15, 0.2) is 0 Å². The molecule has 2 unspecified atom stereocenters. The van der Waals surface area contributed by atoms with Gasteiger partial charge < -0.3 is 4.52 Å². The molecule has 0 aliphatic heterocycles. The van der Waals surface area contributed by atoms with Crippen molar-refractivity contribution in [2.75, 3.05) is 28.4 Å². The summed E-state index contributed by atoms with van der Waals surface area (Å²) in [7, 11) is -3.76. The van der Waals surface area contributed by atoms with Gasteiger partial charge in [0.25, 0.3) is 0 Å². The molecule has 2 atom stereocenters. The highest BCUT2D eigenvalue weighted by Gasteiger charge is 2.43. The van der Waals surface area contributed by atoms with E-state index in [1.807, 2.05) is 0 Å². The molecule has 0 spiro atoms. The van der Waals surface area contributed by atoms with Crippen molar-refractivity contribution in [3.8, 4) is 0 Å². The quantitative estimate of drug-likeness (QED) is 0.575. The second-order valence-electron chi connectivity index (χ2n) is 3.42. The summed E-state index contributed by atoms with van der Waals surface area (Å²) < 4.78 is 52.7. The highest BCUT2D eigenvalue weighted by molar-refractivity contribution is 8.11. The minimum absolute atomic E-state index is 0.246. The summed E-state index contributed by atoms with van der Waals surface area (Å²) in [5, 5.41) is 0. The zero-order chi connectivity index (χ0) is 15.3. The third kappa shape index (κ3) is 5.64. The molecule has 0 aromatic heterocycles. The first-order valence-corrected chi connectivity index (χ1v) is 10.7. The van der Waals surface area contributed by atoms with Gasteiger partial charge in [-0.05, 0) is 11.8 Å². The predicted octanol–water partition coefficient (Wildman–Crippen LogP) is 3.54. The van der Waals surface area contributed by atoms with Crippen LogP contribution in [0.3, 0.4) is 0 Å². The molecule has 0 radical (unpaired) electrons. The summed E-state index contributed by atoms with van der Waals surface area (Å²) in [5.41, 5.74) is -0.246. The molecule has 0 aromatic carbocycles. The molecule has 0 saturated carbocycles. The first-order valence-electron chi connectivity index (χ1n) is 5.05. The molecule has 0 bridgehead atoms. The van der Waals surface area contributed by atoms with Gasteiger partial charge in [0.05, 0.1) is 0 Å². The lowest BCUT2D eigenvalue weighted by atomic mass is 10.6. The number of hydrogen-bond acceptors (Lipinski definition) is 9. The molecule has 8 nitrogen and oxygen atoms in total. The normalized spacial score (nSPS) is 19.1. The Bertz CT molecular complexity index is 417. The van der Waals surface area contributed by atoms with Gasteiger partial charge in [0.1, 0.15) is 0 Å². The van der Waals surface area contributed by atoms with Gasteiger partial charge in [-0.2, -0.15) is 4.31 Å². The van der Waals surface area contributed by atoms with Crippen molar-refractivity contribution < 1.29 is 35.8 Å². The van der Waals surface area contributed by atoms with E-state index in [4.69, 9.17) is 25.0 Å². The standard InChI is InChI=1S/C7H19O8P3S/c1-7(2)16(19,10-3)14-18(9,13-6)15-17(8,11-4)12-5/h7H,1-6H3. The smallest absolute Gasteiger partial charge is 0.332 e. The molecule has 0 rings (SSSR count). The molecule has 19 heavy (non-hydrogen) atoms. The summed E-state index contributed by atoms with van der Waals surface area (Å²) in [4.78, 5) is 0. The van der Waals surface area contributed by atoms with Crippen molar-refractivity contribution in [2.24, 2.45) is 0 Å². The largest absolute Gasteiger partial charge is 0.489 e. The topological polar surface area (TPSA) is 89.5 Å². The third-order valence-electron chi connectivity index (χ3n) is 1.97. The van der Waals surface area contributed by atoms with E-state index < -0.39 is 22.1 Å². The Hall–Kier alpha value is 0.870. The van der Waals surface area contributed by atoms with Crippen molar-refractivity contribution in [3.63, 3.8) is 0 Å². The van der Waals surface area contributed by atoms with Crippen molar-refractivity contribution in [2.45, 2.75) is 19.5 Å². The van der Waals surface area contributed by atoms with Crippen molar-refractivity contribution in [3.05, 3.63) is 0 Å². The molecule has 0 aliphatic carbocycles. The van der Waals surface area contributed by atoms with Crippen LogP contribution in [0, 0.1) is 0 Å². The molecule has 0 fully saturated rings. The lowest BCUT2D eigenvalue weighted by Gasteiger charge is -2.27. The highest BCUT2D eigenvalue weighted by Crippen LogP contribution is 2.73. The lowest BCUT2D eigenvalue weighted by Crippen LogP contribution is -2.05. The number of phosphoric acid groups is 2. The van der Waals surface area contributed by atoms with Crippen LogP contribution in [0.25, 0.3) is 0 Å². The van der Waals surface area contributed by atoms with E-state index in [-0.39, 0.29) is 5.66 Å². The van der Waals surface area contributed by atoms with Gasteiger partial charge >= 0.3 is 15.6 Å². The van der Waals surface area contributed by atoms with E-state index in [0.29, 0.717) is 0 Å². The van der Waals surface area contributed by atoms with E-state index in [0.717, 1.165) is 21.3 Å². The Balaban J connectivity index is 5.25. The summed E-state index contributed by atoms with van der Waals surface area (Å²) in [6.07, 6.45) is 0. The maximum Gasteiger partial charge on any atom is 0.489 e. The average Bonchev–Trinajstić information content (AvgIpc) is 2.38. The molecule has 0 amide bonds. The van der Waals surface area contributed by atoms with Crippen molar-refractivity contribution in [1.82, 2.24) is 0 Å². The van der Waals surface area contributed by atoms with Crippen LogP contribution in [0.4, 0.5) is 0 Å². The molecule has 116 valence electrons. The van der Waals surface area contributed by atoms with Crippen LogP contribution < -0.4 is 0 Å². The van der Waals surface area contributed by atoms with E-state index in [2.05, 4.69) is 13.6 Å². The Labute approximate surface area is 118 Å². The third-order valence-corrected chi connectivity index (χ3v) is 10.7. The van der Waals surface area contributed by atoms with Gasteiger partial charge in [-0.3, -0.25) is 13.6 Å². The van der Waals surface area contributed by atoms with Crippen LogP contribution in [-0.2, 0) is 47.7 Å². The Morgan fingerprint density at radius 2 is 1.21 bits per heavy atom. The Morgan fingerprint density at radius 1 is 0.789 bits per heavy atom. The second-order valence-corrected chi connectivity index (χ2v) is 11.6. The molecular formula is C7H19O8P3S. The summed E-state index contributed by atoms with van der Waals surface area (Å²) in [5.74, 6) is 0. The van der Waals surface area contributed by atoms with E-state index in [1.54, 1.807) is 13.8 Å². The van der Waals surface area contributed by atoms with Crippen LogP contribution in [0.2, 0.25) is 0 Å². The van der Waals surface area contributed by atoms with E-state index in [9.17, 15) is 9.13 Å². The Morgan fingerprint density at radius 3 is 1.47 bits per heavy atom. The zero-order valence-electron chi connectivity index (χ0n) is 11.6. The fourth-order valence-corrected chi connectivity index (χ4v) is 6.70. The second kappa shape index (κ2) is 7.76. The first kappa shape index (κ1) is 19.9. The highest BCUT2D eigenvalue weighted by atomic mass is 32.5. The molecule has 0 aliphatic rings. The zero-order valence-corrected chi connectivity index (χ0v) is 15.1. The average molecular weight is 356 g/mol. The molecule has 12 heteroatoms. The fraction of sp³-hybridized carbons (Fsp3) is 1.00. The van der Waals surface area contributed by atoms with Crippen LogP contribution in [-0.4, -0.2) is 34.1 Å². The molecular weight excluding hydrogens is 337 g/mol. The lowest BCUT2D eigenvalue weighted by molar-refractivity contribution is 0.173. The summed E-state index contributed by atoms with van der Waals surface area (Å²) >= 11 is 5.17. The van der Waals surface area contributed by atoms with Crippen LogP contribution >= 0.6 is 22.1 Å². The number of rotatable bonds is 9. The molecule has 0 N–H and O–H groups in total. The Kier molecular flexibility index (Phi) is 8.11. The number of hydrogen-bond donors (Lipinski definition) is 0. The van der Waals surface area contributed by atoms with E-state index >= 15 is 0 Å². The maximum absolute atomic E-state index is 12.3. The van der Waals surface area contributed by atoms with Gasteiger partial charge in [-0.1, -0.05) is 13.8 Å². The van der Waals surface area contributed by atoms with E-state index in [1.165, 1.54) is 7.11 Å². The first-order chi connectivity index (χ1) is 8.60. The predicted molar refractivity (Wildman–Crippen MR) is 74.8 cm³/mol. The van der Waals surface area contributed by atoms with Gasteiger partial charge in [0.15, 0.2) is 0 Å². The summed E-state index contributed by atoms with van der Waals surface area (Å²) in [6, 6.07) is 0. The molecule has 0 saturated heterocycles.